The van der Waals surface area contributed by atoms with Gasteiger partial charge in [0.05, 0.1) is 18.2 Å². The second-order valence-electron chi connectivity index (χ2n) is 4.13. The first-order valence-corrected chi connectivity index (χ1v) is 6.41. The lowest BCUT2D eigenvalue weighted by Crippen LogP contribution is -2.23. The number of nitrogens with zero attached hydrogens (tertiary/aromatic N) is 2. The third kappa shape index (κ3) is 2.37. The lowest BCUT2D eigenvalue weighted by Gasteiger charge is -2.22. The van der Waals surface area contributed by atoms with Gasteiger partial charge in [-0.05, 0) is 28.8 Å². The Labute approximate surface area is 108 Å². The number of aliphatic carboxylic acids is 1. The van der Waals surface area contributed by atoms with Crippen LogP contribution in [-0.2, 0) is 22.5 Å². The standard InChI is InChI=1S/C11H15BrN2O3/c1-17-6-4-8-13-10(12)9-7(11(15)16)3-2-5-14(8)9/h7H,2-6H2,1H3,(H,15,16). The topological polar surface area (TPSA) is 64.4 Å². The Kier molecular flexibility index (Phi) is 3.83. The summed E-state index contributed by atoms with van der Waals surface area (Å²) in [7, 11) is 1.65. The number of aromatic nitrogens is 2. The van der Waals surface area contributed by atoms with Crippen molar-refractivity contribution < 1.29 is 14.6 Å². The van der Waals surface area contributed by atoms with Gasteiger partial charge in [-0.1, -0.05) is 0 Å². The zero-order valence-corrected chi connectivity index (χ0v) is 11.2. The molecule has 1 unspecified atom stereocenters. The summed E-state index contributed by atoms with van der Waals surface area (Å²) >= 11 is 3.37. The van der Waals surface area contributed by atoms with Crippen molar-refractivity contribution in [3.8, 4) is 0 Å². The van der Waals surface area contributed by atoms with Gasteiger partial charge in [0.1, 0.15) is 10.4 Å². The van der Waals surface area contributed by atoms with Crippen molar-refractivity contribution in [3.63, 3.8) is 0 Å². The second-order valence-corrected chi connectivity index (χ2v) is 4.88. The summed E-state index contributed by atoms with van der Waals surface area (Å²) in [5, 5.41) is 9.21. The Morgan fingerprint density at radius 1 is 1.71 bits per heavy atom. The maximum atomic E-state index is 11.2. The molecule has 1 N–H and O–H groups in total. The molecule has 17 heavy (non-hydrogen) atoms. The van der Waals surface area contributed by atoms with E-state index < -0.39 is 11.9 Å². The largest absolute Gasteiger partial charge is 0.481 e. The first kappa shape index (κ1) is 12.6. The molecular formula is C11H15BrN2O3. The van der Waals surface area contributed by atoms with E-state index in [1.165, 1.54) is 0 Å². The molecule has 1 aliphatic heterocycles. The van der Waals surface area contributed by atoms with E-state index >= 15 is 0 Å². The number of methoxy groups -OCH3 is 1. The number of halogens is 1. The molecule has 0 amide bonds. The van der Waals surface area contributed by atoms with Crippen LogP contribution in [0.5, 0.6) is 0 Å². The minimum absolute atomic E-state index is 0.443. The molecule has 0 spiro atoms. The van der Waals surface area contributed by atoms with Crippen LogP contribution >= 0.6 is 15.9 Å². The van der Waals surface area contributed by atoms with Crippen LogP contribution in [0.1, 0.15) is 30.3 Å². The molecule has 0 aliphatic carbocycles. The fourth-order valence-corrected chi connectivity index (χ4v) is 2.97. The van der Waals surface area contributed by atoms with Gasteiger partial charge in [0, 0.05) is 20.1 Å². The Morgan fingerprint density at radius 3 is 3.12 bits per heavy atom. The molecule has 1 aromatic heterocycles. The molecule has 6 heteroatoms. The predicted octanol–water partition coefficient (Wildman–Crippen LogP) is 1.80. The molecule has 0 bridgehead atoms. The van der Waals surface area contributed by atoms with Gasteiger partial charge < -0.3 is 14.4 Å². The van der Waals surface area contributed by atoms with Gasteiger partial charge in [-0.25, -0.2) is 4.98 Å². The van der Waals surface area contributed by atoms with Crippen LogP contribution in [0.3, 0.4) is 0 Å². The smallest absolute Gasteiger partial charge is 0.312 e. The molecule has 1 aromatic rings. The van der Waals surface area contributed by atoms with Crippen molar-refractivity contribution in [2.45, 2.75) is 31.7 Å². The number of carboxylic acid groups (broad SMARTS) is 1. The Hall–Kier alpha value is -0.880. The number of carboxylic acids is 1. The molecule has 0 saturated carbocycles. The number of hydrogen-bond acceptors (Lipinski definition) is 3. The second kappa shape index (κ2) is 5.18. The van der Waals surface area contributed by atoms with Crippen LogP contribution in [0, 0.1) is 0 Å². The van der Waals surface area contributed by atoms with Gasteiger partial charge in [0.25, 0.3) is 0 Å². The first-order chi connectivity index (χ1) is 8.15. The number of ether oxygens (including phenoxy) is 1. The van der Waals surface area contributed by atoms with E-state index in [9.17, 15) is 9.90 Å². The van der Waals surface area contributed by atoms with Crippen molar-refractivity contribution in [2.24, 2.45) is 0 Å². The highest BCUT2D eigenvalue weighted by atomic mass is 79.9. The maximum absolute atomic E-state index is 11.2. The van der Waals surface area contributed by atoms with Crippen LogP contribution in [0.4, 0.5) is 0 Å². The molecule has 0 radical (unpaired) electrons. The van der Waals surface area contributed by atoms with Crippen LogP contribution in [0.15, 0.2) is 4.60 Å². The predicted molar refractivity (Wildman–Crippen MR) is 65.1 cm³/mol. The summed E-state index contributed by atoms with van der Waals surface area (Å²) in [4.78, 5) is 15.6. The van der Waals surface area contributed by atoms with Crippen molar-refractivity contribution in [3.05, 3.63) is 16.1 Å². The van der Waals surface area contributed by atoms with Crippen molar-refractivity contribution in [1.29, 1.82) is 0 Å². The van der Waals surface area contributed by atoms with E-state index in [0.29, 0.717) is 24.1 Å². The highest BCUT2D eigenvalue weighted by molar-refractivity contribution is 9.10. The van der Waals surface area contributed by atoms with Gasteiger partial charge in [0.2, 0.25) is 0 Å². The van der Waals surface area contributed by atoms with Crippen LogP contribution in [0.2, 0.25) is 0 Å². The monoisotopic (exact) mass is 302 g/mol. The SMILES string of the molecule is COCCc1nc(Br)c2n1CCCC2C(=O)O. The first-order valence-electron chi connectivity index (χ1n) is 5.61. The highest BCUT2D eigenvalue weighted by Crippen LogP contribution is 2.34. The number of rotatable bonds is 4. The summed E-state index contributed by atoms with van der Waals surface area (Å²) in [6, 6.07) is 0. The average molecular weight is 303 g/mol. The molecule has 2 heterocycles. The molecule has 1 aliphatic rings. The molecule has 0 saturated heterocycles. The van der Waals surface area contributed by atoms with E-state index in [1.54, 1.807) is 7.11 Å². The van der Waals surface area contributed by atoms with Gasteiger partial charge in [-0.3, -0.25) is 4.79 Å². The zero-order valence-electron chi connectivity index (χ0n) is 9.65. The van der Waals surface area contributed by atoms with E-state index in [1.807, 2.05) is 4.57 Å². The van der Waals surface area contributed by atoms with Gasteiger partial charge >= 0.3 is 5.97 Å². The number of carbonyl (C=O) groups is 1. The zero-order chi connectivity index (χ0) is 12.4. The van der Waals surface area contributed by atoms with Gasteiger partial charge in [-0.2, -0.15) is 0 Å². The third-order valence-electron chi connectivity index (χ3n) is 3.07. The lowest BCUT2D eigenvalue weighted by atomic mass is 9.96. The Morgan fingerprint density at radius 2 is 2.47 bits per heavy atom. The van der Waals surface area contributed by atoms with Crippen LogP contribution in [0.25, 0.3) is 0 Å². The maximum Gasteiger partial charge on any atom is 0.312 e. The number of fused-ring (bicyclic) bond motifs is 1. The summed E-state index contributed by atoms with van der Waals surface area (Å²) in [6.07, 6.45) is 2.28. The fourth-order valence-electron chi connectivity index (χ4n) is 2.28. The van der Waals surface area contributed by atoms with E-state index in [4.69, 9.17) is 4.74 Å². The minimum Gasteiger partial charge on any atom is -0.481 e. The average Bonchev–Trinajstić information content (AvgIpc) is 2.64. The van der Waals surface area contributed by atoms with Gasteiger partial charge in [-0.15, -0.1) is 0 Å². The molecule has 0 fully saturated rings. The van der Waals surface area contributed by atoms with Crippen LogP contribution < -0.4 is 0 Å². The summed E-state index contributed by atoms with van der Waals surface area (Å²) in [5.74, 6) is -0.313. The fraction of sp³-hybridized carbons (Fsp3) is 0.636. The normalized spacial score (nSPS) is 19.1. The quantitative estimate of drug-likeness (QED) is 0.921. The minimum atomic E-state index is -0.773. The van der Waals surface area contributed by atoms with Crippen molar-refractivity contribution >= 4 is 21.9 Å². The van der Waals surface area contributed by atoms with E-state index in [0.717, 1.165) is 24.5 Å². The summed E-state index contributed by atoms with van der Waals surface area (Å²) < 4.78 is 7.72. The summed E-state index contributed by atoms with van der Waals surface area (Å²) in [6.45, 7) is 1.44. The lowest BCUT2D eigenvalue weighted by molar-refractivity contribution is -0.139. The molecular weight excluding hydrogens is 288 g/mol. The van der Waals surface area contributed by atoms with E-state index in [2.05, 4.69) is 20.9 Å². The van der Waals surface area contributed by atoms with E-state index in [-0.39, 0.29) is 0 Å². The number of imidazole rings is 1. The van der Waals surface area contributed by atoms with Crippen molar-refractivity contribution in [1.82, 2.24) is 9.55 Å². The van der Waals surface area contributed by atoms with Crippen LogP contribution in [-0.4, -0.2) is 34.3 Å². The Bertz CT molecular complexity index is 431. The number of hydrogen-bond donors (Lipinski definition) is 1. The molecule has 1 atom stereocenters. The Balaban J connectivity index is 2.35. The summed E-state index contributed by atoms with van der Waals surface area (Å²) in [5.41, 5.74) is 0.801. The van der Waals surface area contributed by atoms with Gasteiger partial charge in [0.15, 0.2) is 0 Å². The molecule has 5 nitrogen and oxygen atoms in total. The molecule has 2 rings (SSSR count). The molecule has 94 valence electrons. The van der Waals surface area contributed by atoms with Crippen molar-refractivity contribution in [2.75, 3.05) is 13.7 Å². The highest BCUT2D eigenvalue weighted by Gasteiger charge is 2.31. The third-order valence-corrected chi connectivity index (χ3v) is 3.66. The molecule has 0 aromatic carbocycles.